The third-order valence-corrected chi connectivity index (χ3v) is 7.08. The number of carbonyl (C=O) groups is 5. The van der Waals surface area contributed by atoms with Crippen molar-refractivity contribution in [3.8, 4) is 0 Å². The Labute approximate surface area is 224 Å². The molecule has 0 aromatic heterocycles. The summed E-state index contributed by atoms with van der Waals surface area (Å²) in [7, 11) is 0. The SMILES string of the molecule is CC(OC=O)N1CCN(C(C)OC=O)CCN(C(CC(=O)C(C)(C)C)C(=O)O)CCN(C(C)C(=O)O)CC1. The van der Waals surface area contributed by atoms with Crippen molar-refractivity contribution in [3.05, 3.63) is 0 Å². The fourth-order valence-electron chi connectivity index (χ4n) is 4.24. The fraction of sp³-hybridized carbons (Fsp3) is 0.800. The lowest BCUT2D eigenvalue weighted by molar-refractivity contribution is -0.150. The van der Waals surface area contributed by atoms with Crippen molar-refractivity contribution in [3.63, 3.8) is 0 Å². The van der Waals surface area contributed by atoms with Crippen LogP contribution in [0.15, 0.2) is 0 Å². The van der Waals surface area contributed by atoms with Crippen molar-refractivity contribution in [1.29, 1.82) is 0 Å². The first-order valence-corrected chi connectivity index (χ1v) is 12.9. The van der Waals surface area contributed by atoms with E-state index in [9.17, 15) is 34.2 Å². The van der Waals surface area contributed by atoms with Crippen LogP contribution in [0.4, 0.5) is 0 Å². The second-order valence-corrected chi connectivity index (χ2v) is 10.6. The minimum Gasteiger partial charge on any atom is -0.480 e. The summed E-state index contributed by atoms with van der Waals surface area (Å²) in [4.78, 5) is 66.1. The summed E-state index contributed by atoms with van der Waals surface area (Å²) in [5.74, 6) is -2.35. The second-order valence-electron chi connectivity index (χ2n) is 10.6. The number of ketones is 1. The second kappa shape index (κ2) is 15.7. The molecule has 4 atom stereocenters. The van der Waals surface area contributed by atoms with Crippen molar-refractivity contribution in [2.45, 2.75) is 72.5 Å². The highest BCUT2D eigenvalue weighted by molar-refractivity contribution is 5.89. The van der Waals surface area contributed by atoms with Gasteiger partial charge in [0.25, 0.3) is 12.9 Å². The highest BCUT2D eigenvalue weighted by Crippen LogP contribution is 2.20. The minimum atomic E-state index is -1.14. The predicted molar refractivity (Wildman–Crippen MR) is 137 cm³/mol. The number of Topliss-reactive ketones (excluding diaryl/α,β-unsaturated/α-hetero) is 1. The largest absolute Gasteiger partial charge is 0.480 e. The Hall–Kier alpha value is -2.61. The number of carboxylic acid groups (broad SMARTS) is 2. The molecule has 1 aliphatic heterocycles. The van der Waals surface area contributed by atoms with Crippen molar-refractivity contribution in [2.75, 3.05) is 52.4 Å². The molecule has 1 heterocycles. The smallest absolute Gasteiger partial charge is 0.321 e. The van der Waals surface area contributed by atoms with Crippen molar-refractivity contribution < 1.29 is 43.7 Å². The molecule has 0 aromatic carbocycles. The lowest BCUT2D eigenvalue weighted by Gasteiger charge is -2.39. The Morgan fingerprint density at radius 1 is 0.711 bits per heavy atom. The molecule has 1 rings (SSSR count). The van der Waals surface area contributed by atoms with Crippen LogP contribution in [0.2, 0.25) is 0 Å². The Kier molecular flexibility index (Phi) is 13.8. The number of aliphatic carboxylic acids is 2. The first-order chi connectivity index (χ1) is 17.7. The number of carbonyl (C=O) groups excluding carboxylic acids is 3. The summed E-state index contributed by atoms with van der Waals surface area (Å²) in [5, 5.41) is 19.7. The molecule has 0 saturated carbocycles. The summed E-state index contributed by atoms with van der Waals surface area (Å²) in [6.07, 6.45) is -1.37. The van der Waals surface area contributed by atoms with Crippen LogP contribution in [-0.2, 0) is 33.4 Å². The molecule has 13 nitrogen and oxygen atoms in total. The van der Waals surface area contributed by atoms with E-state index in [4.69, 9.17) is 9.47 Å². The number of rotatable bonds is 12. The lowest BCUT2D eigenvalue weighted by Crippen LogP contribution is -2.55. The zero-order chi connectivity index (χ0) is 29.0. The monoisotopic (exact) mass is 544 g/mol. The summed E-state index contributed by atoms with van der Waals surface area (Å²) in [5.41, 5.74) is -0.716. The minimum absolute atomic E-state index is 0.192. The molecule has 1 aliphatic rings. The highest BCUT2D eigenvalue weighted by Gasteiger charge is 2.34. The zero-order valence-electron chi connectivity index (χ0n) is 23.4. The molecule has 218 valence electrons. The van der Waals surface area contributed by atoms with Gasteiger partial charge in [0.2, 0.25) is 0 Å². The molecule has 1 saturated heterocycles. The summed E-state index contributed by atoms with van der Waals surface area (Å²) in [6.45, 7) is 13.4. The molecule has 0 amide bonds. The highest BCUT2D eigenvalue weighted by atomic mass is 16.5. The molecule has 0 aromatic rings. The van der Waals surface area contributed by atoms with Crippen LogP contribution in [-0.4, -0.2) is 137 Å². The van der Waals surface area contributed by atoms with E-state index >= 15 is 0 Å². The number of carboxylic acids is 2. The van der Waals surface area contributed by atoms with Crippen LogP contribution in [0, 0.1) is 5.41 Å². The first kappa shape index (κ1) is 33.4. The third-order valence-electron chi connectivity index (χ3n) is 7.08. The predicted octanol–water partition coefficient (Wildman–Crippen LogP) is 0.178. The van der Waals surface area contributed by atoms with E-state index in [0.29, 0.717) is 45.7 Å². The van der Waals surface area contributed by atoms with Crippen LogP contribution in [0.25, 0.3) is 0 Å². The van der Waals surface area contributed by atoms with Crippen LogP contribution in [0.1, 0.15) is 48.0 Å². The molecule has 2 N–H and O–H groups in total. The van der Waals surface area contributed by atoms with Gasteiger partial charge in [-0.2, -0.15) is 0 Å². The van der Waals surface area contributed by atoms with E-state index in [0.717, 1.165) is 0 Å². The summed E-state index contributed by atoms with van der Waals surface area (Å²) < 4.78 is 10.3. The van der Waals surface area contributed by atoms with Gasteiger partial charge in [0.15, 0.2) is 12.5 Å². The molecular weight excluding hydrogens is 500 g/mol. The van der Waals surface area contributed by atoms with Gasteiger partial charge in [-0.3, -0.25) is 43.6 Å². The first-order valence-electron chi connectivity index (χ1n) is 12.9. The average molecular weight is 545 g/mol. The van der Waals surface area contributed by atoms with Crippen LogP contribution in [0.5, 0.6) is 0 Å². The zero-order valence-corrected chi connectivity index (χ0v) is 23.4. The van der Waals surface area contributed by atoms with Gasteiger partial charge in [-0.15, -0.1) is 0 Å². The number of ether oxygens (including phenoxy) is 2. The Balaban J connectivity index is 3.35. The number of hydrogen-bond acceptors (Lipinski definition) is 11. The quantitative estimate of drug-likeness (QED) is 0.321. The van der Waals surface area contributed by atoms with Gasteiger partial charge in [0.1, 0.15) is 17.9 Å². The molecular formula is C25H44N4O9. The molecule has 0 aliphatic carbocycles. The van der Waals surface area contributed by atoms with Gasteiger partial charge in [0, 0.05) is 64.2 Å². The normalized spacial score (nSPS) is 21.1. The van der Waals surface area contributed by atoms with E-state index in [1.807, 2.05) is 9.80 Å². The molecule has 0 radical (unpaired) electrons. The van der Waals surface area contributed by atoms with E-state index in [2.05, 4.69) is 0 Å². The van der Waals surface area contributed by atoms with Gasteiger partial charge < -0.3 is 19.7 Å². The molecule has 1 fully saturated rings. The van der Waals surface area contributed by atoms with E-state index in [-0.39, 0.29) is 31.8 Å². The van der Waals surface area contributed by atoms with Gasteiger partial charge >= 0.3 is 11.9 Å². The standard InChI is InChI=1S/C25H44N4O9/c1-18(23(33)34)26-7-9-27(19(2)37-16-30)10-11-28(20(3)38-17-31)12-14-29(13-8-26)21(24(35)36)15-22(32)25(4,5)6/h16-21H,7-15H2,1-6H3,(H,33,34)(H,35,36). The molecule has 4 unspecified atom stereocenters. The number of hydrogen-bond donors (Lipinski definition) is 2. The molecule has 0 bridgehead atoms. The van der Waals surface area contributed by atoms with Gasteiger partial charge in [-0.1, -0.05) is 20.8 Å². The maximum atomic E-state index is 12.8. The van der Waals surface area contributed by atoms with E-state index in [1.54, 1.807) is 51.3 Å². The Morgan fingerprint density at radius 3 is 1.39 bits per heavy atom. The summed E-state index contributed by atoms with van der Waals surface area (Å²) in [6, 6.07) is -1.95. The van der Waals surface area contributed by atoms with Crippen molar-refractivity contribution >= 4 is 30.7 Å². The van der Waals surface area contributed by atoms with E-state index in [1.165, 1.54) is 0 Å². The van der Waals surface area contributed by atoms with Gasteiger partial charge in [0.05, 0.1) is 0 Å². The topological polar surface area (TPSA) is 157 Å². The summed E-state index contributed by atoms with van der Waals surface area (Å²) >= 11 is 0. The molecule has 0 spiro atoms. The van der Waals surface area contributed by atoms with Crippen LogP contribution in [0.3, 0.4) is 0 Å². The van der Waals surface area contributed by atoms with Crippen LogP contribution < -0.4 is 0 Å². The Bertz CT molecular complexity index is 804. The third kappa shape index (κ3) is 10.6. The molecule has 38 heavy (non-hydrogen) atoms. The van der Waals surface area contributed by atoms with Crippen LogP contribution >= 0.6 is 0 Å². The maximum absolute atomic E-state index is 12.8. The Morgan fingerprint density at radius 2 is 1.08 bits per heavy atom. The van der Waals surface area contributed by atoms with Gasteiger partial charge in [-0.05, 0) is 20.8 Å². The lowest BCUT2D eigenvalue weighted by atomic mass is 9.86. The van der Waals surface area contributed by atoms with Crippen molar-refractivity contribution in [2.24, 2.45) is 5.41 Å². The average Bonchev–Trinajstić information content (AvgIpc) is 2.82. The molecule has 13 heteroatoms. The maximum Gasteiger partial charge on any atom is 0.321 e. The van der Waals surface area contributed by atoms with Crippen molar-refractivity contribution in [1.82, 2.24) is 19.6 Å². The number of nitrogens with zero attached hydrogens (tertiary/aromatic N) is 4. The van der Waals surface area contributed by atoms with E-state index < -0.39 is 41.9 Å². The fourth-order valence-corrected chi connectivity index (χ4v) is 4.24. The van der Waals surface area contributed by atoms with Gasteiger partial charge in [-0.25, -0.2) is 0 Å².